The third kappa shape index (κ3) is 6.20. The molecule has 1 aromatic rings. The predicted octanol–water partition coefficient (Wildman–Crippen LogP) is 4.26. The molecule has 0 amide bonds. The highest BCUT2D eigenvalue weighted by molar-refractivity contribution is 5.87. The Morgan fingerprint density at radius 1 is 1.22 bits per heavy atom. The van der Waals surface area contributed by atoms with Gasteiger partial charge in [-0.3, -0.25) is 0 Å². The Morgan fingerprint density at radius 2 is 1.94 bits per heavy atom. The van der Waals surface area contributed by atoms with Gasteiger partial charge in [0.15, 0.2) is 0 Å². The standard InChI is InChI=1S/C29H41NO6/c1-20(2)7-13-24-28(3,36-24)27-26(32-6)23(15-16-29(27)19-34-29)35-25(31)14-10-21-8-11-22(12-9-21)33-18-17-30(4)5/h7-12,14,23-24,26-27H,13,15-19H2,1-6H3/b14-10+/t23?,24-,26?,27?,28-,29+/m1/s1. The summed E-state index contributed by atoms with van der Waals surface area (Å²) in [5.74, 6) is 0.450. The highest BCUT2D eigenvalue weighted by atomic mass is 16.6. The zero-order valence-electron chi connectivity index (χ0n) is 22.5. The van der Waals surface area contributed by atoms with Gasteiger partial charge in [0.2, 0.25) is 0 Å². The monoisotopic (exact) mass is 499 g/mol. The van der Waals surface area contributed by atoms with Gasteiger partial charge in [-0.05, 0) is 77.9 Å². The third-order valence-corrected chi connectivity index (χ3v) is 7.60. The van der Waals surface area contributed by atoms with E-state index in [0.717, 1.165) is 30.7 Å². The number of rotatable bonds is 11. The molecule has 3 fully saturated rings. The number of allylic oxidation sites excluding steroid dienone is 1. The zero-order valence-corrected chi connectivity index (χ0v) is 22.5. The molecule has 3 unspecified atom stereocenters. The fourth-order valence-corrected chi connectivity index (χ4v) is 5.44. The van der Waals surface area contributed by atoms with Crippen molar-refractivity contribution >= 4 is 12.0 Å². The van der Waals surface area contributed by atoms with Gasteiger partial charge in [-0.15, -0.1) is 0 Å². The van der Waals surface area contributed by atoms with Gasteiger partial charge in [0.25, 0.3) is 0 Å². The summed E-state index contributed by atoms with van der Waals surface area (Å²) < 4.78 is 29.8. The van der Waals surface area contributed by atoms with Gasteiger partial charge in [-0.1, -0.05) is 23.8 Å². The fraction of sp³-hybridized carbons (Fsp3) is 0.621. The van der Waals surface area contributed by atoms with Gasteiger partial charge in [0.1, 0.15) is 35.8 Å². The van der Waals surface area contributed by atoms with E-state index in [1.807, 2.05) is 38.4 Å². The third-order valence-electron chi connectivity index (χ3n) is 7.60. The van der Waals surface area contributed by atoms with Crippen LogP contribution in [-0.2, 0) is 23.7 Å². The van der Waals surface area contributed by atoms with E-state index in [2.05, 4.69) is 31.7 Å². The maximum Gasteiger partial charge on any atom is 0.331 e. The fourth-order valence-electron chi connectivity index (χ4n) is 5.44. The van der Waals surface area contributed by atoms with Crippen LogP contribution in [0.15, 0.2) is 42.0 Å². The van der Waals surface area contributed by atoms with Gasteiger partial charge in [0, 0.05) is 19.7 Å². The summed E-state index contributed by atoms with van der Waals surface area (Å²) in [4.78, 5) is 14.8. The molecule has 0 radical (unpaired) electrons. The minimum absolute atomic E-state index is 0.0149. The van der Waals surface area contributed by atoms with E-state index in [4.69, 9.17) is 23.7 Å². The molecule has 1 saturated carbocycles. The molecule has 0 aromatic heterocycles. The minimum atomic E-state index is -0.372. The summed E-state index contributed by atoms with van der Waals surface area (Å²) in [6, 6.07) is 7.67. The van der Waals surface area contributed by atoms with E-state index in [1.54, 1.807) is 13.2 Å². The maximum absolute atomic E-state index is 12.7. The molecule has 6 atom stereocenters. The molecule has 4 rings (SSSR count). The topological polar surface area (TPSA) is 73.1 Å². The van der Waals surface area contributed by atoms with Crippen LogP contribution in [0.4, 0.5) is 0 Å². The number of benzene rings is 1. The van der Waals surface area contributed by atoms with Crippen LogP contribution >= 0.6 is 0 Å². The van der Waals surface area contributed by atoms with Crippen molar-refractivity contribution in [3.8, 4) is 5.75 Å². The lowest BCUT2D eigenvalue weighted by atomic mass is 9.68. The van der Waals surface area contributed by atoms with Gasteiger partial charge in [-0.25, -0.2) is 4.79 Å². The van der Waals surface area contributed by atoms with Crippen molar-refractivity contribution in [3.05, 3.63) is 47.6 Å². The number of carbonyl (C=O) groups excluding carboxylic acids is 1. The molecule has 0 N–H and O–H groups in total. The SMILES string of the molecule is COC1C(OC(=O)/C=C/c2ccc(OCCN(C)C)cc2)CC[C@]2(CO2)C1[C@]1(C)O[C@@H]1CC=C(C)C. The molecule has 7 heteroatoms. The van der Waals surface area contributed by atoms with E-state index in [-0.39, 0.29) is 41.4 Å². The second-order valence-electron chi connectivity index (χ2n) is 10.9. The summed E-state index contributed by atoms with van der Waals surface area (Å²) in [6.45, 7) is 8.54. The smallest absolute Gasteiger partial charge is 0.331 e. The van der Waals surface area contributed by atoms with Crippen molar-refractivity contribution in [1.29, 1.82) is 0 Å². The highest BCUT2D eigenvalue weighted by Gasteiger charge is 2.72. The largest absolute Gasteiger partial charge is 0.492 e. The van der Waals surface area contributed by atoms with Crippen LogP contribution in [0.5, 0.6) is 5.75 Å². The molecular formula is C29H41NO6. The summed E-state index contributed by atoms with van der Waals surface area (Å²) in [5.41, 5.74) is 1.61. The van der Waals surface area contributed by atoms with Crippen molar-refractivity contribution < 1.29 is 28.5 Å². The molecule has 1 aliphatic carbocycles. The molecule has 3 aliphatic rings. The quantitative estimate of drug-likeness (QED) is 0.195. The summed E-state index contributed by atoms with van der Waals surface area (Å²) in [7, 11) is 5.72. The number of hydrogen-bond acceptors (Lipinski definition) is 7. The van der Waals surface area contributed by atoms with Crippen molar-refractivity contribution in [1.82, 2.24) is 4.90 Å². The van der Waals surface area contributed by atoms with Gasteiger partial charge >= 0.3 is 5.97 Å². The first-order valence-corrected chi connectivity index (χ1v) is 12.9. The molecule has 1 aromatic carbocycles. The van der Waals surface area contributed by atoms with Gasteiger partial charge in [-0.2, -0.15) is 0 Å². The number of epoxide rings is 2. The highest BCUT2D eigenvalue weighted by Crippen LogP contribution is 2.59. The van der Waals surface area contributed by atoms with E-state index in [0.29, 0.717) is 19.6 Å². The molecular weight excluding hydrogens is 458 g/mol. The van der Waals surface area contributed by atoms with Crippen molar-refractivity contribution in [3.63, 3.8) is 0 Å². The first-order chi connectivity index (χ1) is 17.2. The lowest BCUT2D eigenvalue weighted by Gasteiger charge is -2.42. The number of nitrogens with zero attached hydrogens (tertiary/aromatic N) is 1. The average molecular weight is 500 g/mol. The van der Waals surface area contributed by atoms with Gasteiger partial charge in [0.05, 0.1) is 18.6 Å². The molecule has 198 valence electrons. The zero-order chi connectivity index (χ0) is 25.9. The Hall–Kier alpha value is -2.19. The Bertz CT molecular complexity index is 962. The number of esters is 1. The van der Waals surface area contributed by atoms with E-state index >= 15 is 0 Å². The number of likely N-dealkylation sites (N-methyl/N-ethyl adjacent to an activating group) is 1. The van der Waals surface area contributed by atoms with Crippen LogP contribution in [0.2, 0.25) is 0 Å². The Labute approximate surface area is 215 Å². The van der Waals surface area contributed by atoms with Crippen LogP contribution in [0.1, 0.15) is 45.6 Å². The lowest BCUT2D eigenvalue weighted by molar-refractivity contribution is -0.166. The number of ether oxygens (including phenoxy) is 5. The summed E-state index contributed by atoms with van der Waals surface area (Å²) in [6.07, 6.45) is 7.38. The van der Waals surface area contributed by atoms with Crippen LogP contribution in [0.25, 0.3) is 6.08 Å². The van der Waals surface area contributed by atoms with Crippen molar-refractivity contribution in [2.75, 3.05) is 41.0 Å². The number of carbonyl (C=O) groups is 1. The molecule has 7 nitrogen and oxygen atoms in total. The normalized spacial score (nSPS) is 33.1. The molecule has 36 heavy (non-hydrogen) atoms. The first kappa shape index (κ1) is 26.9. The number of hydrogen-bond donors (Lipinski definition) is 0. The Morgan fingerprint density at radius 3 is 2.56 bits per heavy atom. The first-order valence-electron chi connectivity index (χ1n) is 12.9. The van der Waals surface area contributed by atoms with Crippen LogP contribution in [0, 0.1) is 5.92 Å². The van der Waals surface area contributed by atoms with Gasteiger partial charge < -0.3 is 28.6 Å². The molecule has 1 spiro atoms. The van der Waals surface area contributed by atoms with Crippen molar-refractivity contribution in [2.45, 2.75) is 69.5 Å². The molecule has 2 saturated heterocycles. The Balaban J connectivity index is 1.36. The van der Waals surface area contributed by atoms with E-state index in [9.17, 15) is 4.79 Å². The number of methoxy groups -OCH3 is 1. The average Bonchev–Trinajstić information content (AvgIpc) is 3.75. The second-order valence-corrected chi connectivity index (χ2v) is 10.9. The van der Waals surface area contributed by atoms with Crippen LogP contribution < -0.4 is 4.74 Å². The van der Waals surface area contributed by atoms with Crippen LogP contribution in [-0.4, -0.2) is 81.3 Å². The van der Waals surface area contributed by atoms with E-state index < -0.39 is 0 Å². The molecule has 2 aliphatic heterocycles. The Kier molecular flexibility index (Phi) is 8.25. The maximum atomic E-state index is 12.7. The minimum Gasteiger partial charge on any atom is -0.492 e. The summed E-state index contributed by atoms with van der Waals surface area (Å²) in [5, 5.41) is 0. The van der Waals surface area contributed by atoms with E-state index in [1.165, 1.54) is 11.6 Å². The lowest BCUT2D eigenvalue weighted by Crippen LogP contribution is -2.55. The molecule has 2 heterocycles. The summed E-state index contributed by atoms with van der Waals surface area (Å²) >= 11 is 0. The molecule has 0 bridgehead atoms. The van der Waals surface area contributed by atoms with Crippen LogP contribution in [0.3, 0.4) is 0 Å². The van der Waals surface area contributed by atoms with Crippen molar-refractivity contribution in [2.24, 2.45) is 5.92 Å². The predicted molar refractivity (Wildman–Crippen MR) is 139 cm³/mol. The second kappa shape index (κ2) is 11.1.